The highest BCUT2D eigenvalue weighted by Crippen LogP contribution is 2.22. The summed E-state index contributed by atoms with van der Waals surface area (Å²) in [6.45, 7) is 0.822. The molecule has 1 amide bonds. The molecule has 8 heteroatoms. The van der Waals surface area contributed by atoms with Crippen LogP contribution >= 0.6 is 11.6 Å². The summed E-state index contributed by atoms with van der Waals surface area (Å²) in [6, 6.07) is 2.82. The van der Waals surface area contributed by atoms with Crippen molar-refractivity contribution in [3.63, 3.8) is 0 Å². The van der Waals surface area contributed by atoms with Crippen LogP contribution in [0, 0.1) is 15.9 Å². The molecule has 0 aliphatic carbocycles. The highest BCUT2D eigenvalue weighted by Gasteiger charge is 2.29. The number of alkyl halides is 1. The molecule has 1 fully saturated rings. The number of nitrogens with zero attached hydrogens (tertiary/aromatic N) is 2. The molecule has 1 aliphatic rings. The largest absolute Gasteiger partial charge is 0.373 e. The van der Waals surface area contributed by atoms with Crippen molar-refractivity contribution >= 4 is 23.2 Å². The zero-order chi connectivity index (χ0) is 14.7. The molecule has 1 unspecified atom stereocenters. The molecular formula is C12H12ClFN2O4. The molecule has 0 N–H and O–H groups in total. The Bertz CT molecular complexity index is 540. The van der Waals surface area contributed by atoms with Gasteiger partial charge in [-0.05, 0) is 12.1 Å². The van der Waals surface area contributed by atoms with Crippen LogP contribution < -0.4 is 0 Å². The Morgan fingerprint density at radius 2 is 2.35 bits per heavy atom. The Morgan fingerprint density at radius 3 is 3.00 bits per heavy atom. The van der Waals surface area contributed by atoms with E-state index >= 15 is 0 Å². The summed E-state index contributed by atoms with van der Waals surface area (Å²) in [7, 11) is 0. The lowest BCUT2D eigenvalue weighted by Crippen LogP contribution is -2.46. The third-order valence-electron chi connectivity index (χ3n) is 2.98. The van der Waals surface area contributed by atoms with Gasteiger partial charge in [0, 0.05) is 19.2 Å². The maximum Gasteiger partial charge on any atom is 0.282 e. The molecule has 1 atom stereocenters. The number of nitro groups is 1. The summed E-state index contributed by atoms with van der Waals surface area (Å²) in [5.41, 5.74) is -0.671. The van der Waals surface area contributed by atoms with Crippen LogP contribution in [-0.4, -0.2) is 47.4 Å². The van der Waals surface area contributed by atoms with E-state index in [0.29, 0.717) is 13.2 Å². The molecule has 2 rings (SSSR count). The number of nitro benzene ring substituents is 1. The van der Waals surface area contributed by atoms with Gasteiger partial charge in [0.15, 0.2) is 0 Å². The maximum absolute atomic E-state index is 13.2. The Kier molecular flexibility index (Phi) is 4.51. The van der Waals surface area contributed by atoms with Gasteiger partial charge < -0.3 is 9.64 Å². The quantitative estimate of drug-likeness (QED) is 0.485. The minimum Gasteiger partial charge on any atom is -0.373 e. The van der Waals surface area contributed by atoms with Crippen molar-refractivity contribution in [1.29, 1.82) is 0 Å². The first-order chi connectivity index (χ1) is 9.52. The maximum atomic E-state index is 13.2. The molecule has 6 nitrogen and oxygen atoms in total. The number of rotatable bonds is 3. The molecule has 1 aliphatic heterocycles. The molecule has 20 heavy (non-hydrogen) atoms. The molecule has 0 radical (unpaired) electrons. The molecule has 1 saturated heterocycles. The Hall–Kier alpha value is -1.73. The van der Waals surface area contributed by atoms with Gasteiger partial charge in [0.2, 0.25) is 0 Å². The summed E-state index contributed by atoms with van der Waals surface area (Å²) in [5.74, 6) is -1.06. The average Bonchev–Trinajstić information content (AvgIpc) is 2.46. The van der Waals surface area contributed by atoms with Crippen LogP contribution in [0.5, 0.6) is 0 Å². The number of carbonyl (C=O) groups is 1. The van der Waals surface area contributed by atoms with Gasteiger partial charge in [0.05, 0.1) is 23.5 Å². The Balaban J connectivity index is 2.28. The Morgan fingerprint density at radius 1 is 1.60 bits per heavy atom. The number of amides is 1. The van der Waals surface area contributed by atoms with Gasteiger partial charge in [-0.15, -0.1) is 11.6 Å². The fourth-order valence-electron chi connectivity index (χ4n) is 2.01. The fourth-order valence-corrected chi connectivity index (χ4v) is 2.19. The van der Waals surface area contributed by atoms with Crippen LogP contribution in [0.4, 0.5) is 10.1 Å². The van der Waals surface area contributed by atoms with E-state index in [1.54, 1.807) is 0 Å². The van der Waals surface area contributed by atoms with Gasteiger partial charge in [-0.3, -0.25) is 14.9 Å². The summed E-state index contributed by atoms with van der Waals surface area (Å²) in [6.07, 6.45) is -0.318. The van der Waals surface area contributed by atoms with E-state index in [-0.39, 0.29) is 24.1 Å². The zero-order valence-corrected chi connectivity index (χ0v) is 11.2. The van der Waals surface area contributed by atoms with Gasteiger partial charge >= 0.3 is 0 Å². The molecule has 0 aromatic heterocycles. The van der Waals surface area contributed by atoms with E-state index in [1.807, 2.05) is 0 Å². The minimum absolute atomic E-state index is 0.217. The van der Waals surface area contributed by atoms with Gasteiger partial charge in [0.1, 0.15) is 11.4 Å². The van der Waals surface area contributed by atoms with Gasteiger partial charge in [0.25, 0.3) is 11.6 Å². The first kappa shape index (κ1) is 14.7. The average molecular weight is 303 g/mol. The van der Waals surface area contributed by atoms with Gasteiger partial charge in [-0.1, -0.05) is 0 Å². The lowest BCUT2D eigenvalue weighted by molar-refractivity contribution is -0.385. The fraction of sp³-hybridized carbons (Fsp3) is 0.417. The van der Waals surface area contributed by atoms with E-state index < -0.39 is 22.3 Å². The second-order valence-corrected chi connectivity index (χ2v) is 4.63. The summed E-state index contributed by atoms with van der Waals surface area (Å²) in [4.78, 5) is 23.9. The van der Waals surface area contributed by atoms with Crippen molar-refractivity contribution in [2.75, 3.05) is 25.6 Å². The monoisotopic (exact) mass is 302 g/mol. The number of carbonyl (C=O) groups excluding carboxylic acids is 1. The van der Waals surface area contributed by atoms with Gasteiger partial charge in [-0.2, -0.15) is 0 Å². The third-order valence-corrected chi connectivity index (χ3v) is 3.33. The van der Waals surface area contributed by atoms with Crippen molar-refractivity contribution in [3.05, 3.63) is 39.7 Å². The smallest absolute Gasteiger partial charge is 0.282 e. The first-order valence-corrected chi connectivity index (χ1v) is 6.47. The SMILES string of the molecule is O=C(c1cc(F)ccc1[N+](=O)[O-])N1CCOC(CCl)C1. The van der Waals surface area contributed by atoms with E-state index in [0.717, 1.165) is 18.2 Å². The summed E-state index contributed by atoms with van der Waals surface area (Å²) in [5, 5.41) is 10.9. The standard InChI is InChI=1S/C12H12ClFN2O4/c13-6-9-7-15(3-4-20-9)12(17)10-5-8(14)1-2-11(10)16(18)19/h1-2,5,9H,3-4,6-7H2. The lowest BCUT2D eigenvalue weighted by atomic mass is 10.1. The van der Waals surface area contributed by atoms with E-state index in [2.05, 4.69) is 0 Å². The summed E-state index contributed by atoms with van der Waals surface area (Å²) >= 11 is 5.67. The number of hydrogen-bond acceptors (Lipinski definition) is 4. The number of ether oxygens (including phenoxy) is 1. The highest BCUT2D eigenvalue weighted by molar-refractivity contribution is 6.18. The minimum atomic E-state index is -0.702. The first-order valence-electron chi connectivity index (χ1n) is 5.93. The second-order valence-electron chi connectivity index (χ2n) is 4.32. The molecule has 108 valence electrons. The number of benzene rings is 1. The predicted molar refractivity (Wildman–Crippen MR) is 69.4 cm³/mol. The Labute approximate surface area is 119 Å². The predicted octanol–water partition coefficient (Wildman–Crippen LogP) is 1.81. The van der Waals surface area contributed by atoms with E-state index in [1.165, 1.54) is 4.90 Å². The topological polar surface area (TPSA) is 72.7 Å². The molecule has 1 aromatic rings. The van der Waals surface area contributed by atoms with Crippen LogP contribution in [0.1, 0.15) is 10.4 Å². The number of halogens is 2. The van der Waals surface area contributed by atoms with E-state index in [9.17, 15) is 19.3 Å². The second kappa shape index (κ2) is 6.15. The zero-order valence-electron chi connectivity index (χ0n) is 10.4. The van der Waals surface area contributed by atoms with Crippen molar-refractivity contribution in [2.45, 2.75) is 6.10 Å². The lowest BCUT2D eigenvalue weighted by Gasteiger charge is -2.31. The molecule has 0 saturated carbocycles. The van der Waals surface area contributed by atoms with E-state index in [4.69, 9.17) is 16.3 Å². The molecule has 1 aromatic carbocycles. The van der Waals surface area contributed by atoms with Crippen LogP contribution in [-0.2, 0) is 4.74 Å². The van der Waals surface area contributed by atoms with Gasteiger partial charge in [-0.25, -0.2) is 4.39 Å². The van der Waals surface area contributed by atoms with Crippen molar-refractivity contribution in [1.82, 2.24) is 4.90 Å². The third kappa shape index (κ3) is 3.05. The van der Waals surface area contributed by atoms with Crippen LogP contribution in [0.2, 0.25) is 0 Å². The van der Waals surface area contributed by atoms with Crippen LogP contribution in [0.15, 0.2) is 18.2 Å². The van der Waals surface area contributed by atoms with Crippen molar-refractivity contribution in [3.8, 4) is 0 Å². The number of hydrogen-bond donors (Lipinski definition) is 0. The molecule has 1 heterocycles. The highest BCUT2D eigenvalue weighted by atomic mass is 35.5. The summed E-state index contributed by atoms with van der Waals surface area (Å²) < 4.78 is 18.6. The normalized spacial score (nSPS) is 18.9. The number of morpholine rings is 1. The van der Waals surface area contributed by atoms with Crippen LogP contribution in [0.3, 0.4) is 0 Å². The molecule has 0 bridgehead atoms. The molecular weight excluding hydrogens is 291 g/mol. The van der Waals surface area contributed by atoms with Crippen molar-refractivity contribution in [2.24, 2.45) is 0 Å². The molecule has 0 spiro atoms. The van der Waals surface area contributed by atoms with Crippen LogP contribution in [0.25, 0.3) is 0 Å². The van der Waals surface area contributed by atoms with Crippen molar-refractivity contribution < 1.29 is 18.8 Å².